The summed E-state index contributed by atoms with van der Waals surface area (Å²) < 4.78 is 0. The predicted octanol–water partition coefficient (Wildman–Crippen LogP) is -0.466. The van der Waals surface area contributed by atoms with E-state index < -0.39 is 0 Å². The van der Waals surface area contributed by atoms with Gasteiger partial charge in [-0.1, -0.05) is 0 Å². The second-order valence-electron chi connectivity index (χ2n) is 1.17. The van der Waals surface area contributed by atoms with Gasteiger partial charge in [0.25, 0.3) is 0 Å². The molecule has 0 unspecified atom stereocenters. The zero-order chi connectivity index (χ0) is 4.41. The quantitative estimate of drug-likeness (QED) is 0.434. The fourth-order valence-corrected chi connectivity index (χ4v) is 0.344. The molecule has 0 saturated heterocycles. The van der Waals surface area contributed by atoms with Crippen molar-refractivity contribution < 1.29 is 0 Å². The molecule has 0 aromatic carbocycles. The van der Waals surface area contributed by atoms with E-state index in [9.17, 15) is 0 Å². The number of hydrogen-bond donors (Lipinski definition) is 1. The highest BCUT2D eigenvalue weighted by Crippen LogP contribution is 1.78. The van der Waals surface area contributed by atoms with E-state index in [1.165, 1.54) is 0 Å². The third kappa shape index (κ3) is 1.44. The van der Waals surface area contributed by atoms with Gasteiger partial charge in [0.1, 0.15) is 5.82 Å². The Bertz CT molecular complexity index is 113. The molecule has 1 rings (SSSR count). The van der Waals surface area contributed by atoms with E-state index in [0.29, 0.717) is 0 Å². The predicted molar refractivity (Wildman–Crippen MR) is 33.3 cm³/mol. The van der Waals surface area contributed by atoms with Crippen molar-refractivity contribution in [1.82, 2.24) is 9.97 Å². The van der Waals surface area contributed by atoms with Crippen molar-refractivity contribution >= 4 is 8.41 Å². The molecule has 7 heavy (non-hydrogen) atoms. The second kappa shape index (κ2) is 2.45. The van der Waals surface area contributed by atoms with E-state index in [1.54, 1.807) is 12.4 Å². The summed E-state index contributed by atoms with van der Waals surface area (Å²) in [6.45, 7) is 1.92. The normalized spacial score (nSPS) is 7.57. The molecule has 3 heteroatoms. The Balaban J connectivity index is 0.000000360. The molecule has 0 radical (unpaired) electrons. The van der Waals surface area contributed by atoms with Gasteiger partial charge in [-0.3, -0.25) is 0 Å². The topological polar surface area (TPSA) is 28.7 Å². The minimum Gasteiger partial charge on any atom is -0.349 e. The van der Waals surface area contributed by atoms with Crippen LogP contribution in [0.4, 0.5) is 0 Å². The molecular formula is C4H9BN2. The summed E-state index contributed by atoms with van der Waals surface area (Å²) in [7, 11) is 0. The molecule has 1 aromatic heterocycles. The first-order chi connectivity index (χ1) is 2.89. The average molecular weight is 95.9 g/mol. The molecule has 0 aliphatic rings. The Morgan fingerprint density at radius 3 is 2.57 bits per heavy atom. The lowest BCUT2D eigenvalue weighted by Gasteiger charge is -1.68. The highest BCUT2D eigenvalue weighted by molar-refractivity contribution is 5.75. The lowest BCUT2D eigenvalue weighted by molar-refractivity contribution is 1.15. The Morgan fingerprint density at radius 1 is 1.71 bits per heavy atom. The molecule has 0 bridgehead atoms. The first-order valence-corrected chi connectivity index (χ1v) is 1.85. The van der Waals surface area contributed by atoms with Gasteiger partial charge < -0.3 is 4.98 Å². The van der Waals surface area contributed by atoms with E-state index in [4.69, 9.17) is 0 Å². The number of aromatic nitrogens is 2. The summed E-state index contributed by atoms with van der Waals surface area (Å²) in [6, 6.07) is 0. The Morgan fingerprint density at radius 2 is 2.43 bits per heavy atom. The number of aromatic amines is 1. The van der Waals surface area contributed by atoms with E-state index in [0.717, 1.165) is 5.82 Å². The SMILES string of the molecule is B.Cc1ncc[nH]1. The van der Waals surface area contributed by atoms with Crippen LogP contribution < -0.4 is 0 Å². The zero-order valence-electron chi connectivity index (χ0n) is 3.60. The monoisotopic (exact) mass is 96.1 g/mol. The van der Waals surface area contributed by atoms with Gasteiger partial charge >= 0.3 is 0 Å². The van der Waals surface area contributed by atoms with E-state index in [-0.39, 0.29) is 8.41 Å². The largest absolute Gasteiger partial charge is 0.349 e. The molecule has 2 nitrogen and oxygen atoms in total. The molecule has 1 heterocycles. The highest BCUT2D eigenvalue weighted by atomic mass is 14.9. The van der Waals surface area contributed by atoms with E-state index in [2.05, 4.69) is 9.97 Å². The summed E-state index contributed by atoms with van der Waals surface area (Å²) in [5.74, 6) is 0.968. The molecular weight excluding hydrogens is 86.9 g/mol. The molecule has 0 amide bonds. The fourth-order valence-electron chi connectivity index (χ4n) is 0.344. The lowest BCUT2D eigenvalue weighted by Crippen LogP contribution is -1.66. The molecule has 0 atom stereocenters. The number of rotatable bonds is 0. The van der Waals surface area contributed by atoms with Crippen LogP contribution in [-0.4, -0.2) is 18.4 Å². The van der Waals surface area contributed by atoms with Crippen LogP contribution >= 0.6 is 0 Å². The average Bonchev–Trinajstić information content (AvgIpc) is 1.86. The summed E-state index contributed by atoms with van der Waals surface area (Å²) in [5, 5.41) is 0. The minimum absolute atomic E-state index is 0. The van der Waals surface area contributed by atoms with Gasteiger partial charge in [0.15, 0.2) is 0 Å². The van der Waals surface area contributed by atoms with Crippen molar-refractivity contribution in [2.75, 3.05) is 0 Å². The van der Waals surface area contributed by atoms with Crippen LogP contribution in [0.2, 0.25) is 0 Å². The lowest BCUT2D eigenvalue weighted by atomic mass is 10.8. The zero-order valence-corrected chi connectivity index (χ0v) is 3.60. The first kappa shape index (κ1) is 6.27. The van der Waals surface area contributed by atoms with Crippen LogP contribution in [0, 0.1) is 6.92 Å². The van der Waals surface area contributed by atoms with Crippen molar-refractivity contribution in [2.45, 2.75) is 6.92 Å². The Hall–Kier alpha value is -0.725. The van der Waals surface area contributed by atoms with Gasteiger partial charge in [-0.05, 0) is 6.92 Å². The van der Waals surface area contributed by atoms with Crippen molar-refractivity contribution in [2.24, 2.45) is 0 Å². The summed E-state index contributed by atoms with van der Waals surface area (Å²) in [4.78, 5) is 6.75. The molecule has 0 fully saturated rings. The van der Waals surface area contributed by atoms with Gasteiger partial charge in [0.05, 0.1) is 8.41 Å². The van der Waals surface area contributed by atoms with Gasteiger partial charge in [-0.15, -0.1) is 0 Å². The van der Waals surface area contributed by atoms with Crippen LogP contribution in [0.15, 0.2) is 12.4 Å². The number of aryl methyl sites for hydroxylation is 1. The standard InChI is InChI=1S/C4H6N2.BH3/c1-4-5-2-3-6-4;/h2-3H,1H3,(H,5,6);1H3. The third-order valence-corrected chi connectivity index (χ3v) is 0.635. The Labute approximate surface area is 44.5 Å². The number of nitrogens with one attached hydrogen (secondary N) is 1. The van der Waals surface area contributed by atoms with E-state index >= 15 is 0 Å². The number of nitrogens with zero attached hydrogens (tertiary/aromatic N) is 1. The second-order valence-corrected chi connectivity index (χ2v) is 1.17. The maximum Gasteiger partial charge on any atom is 0.102 e. The molecule has 38 valence electrons. The van der Waals surface area contributed by atoms with Crippen molar-refractivity contribution in [1.29, 1.82) is 0 Å². The van der Waals surface area contributed by atoms with Gasteiger partial charge in [-0.25, -0.2) is 4.98 Å². The van der Waals surface area contributed by atoms with Gasteiger partial charge in [-0.2, -0.15) is 0 Å². The highest BCUT2D eigenvalue weighted by Gasteiger charge is 1.73. The van der Waals surface area contributed by atoms with Crippen molar-refractivity contribution in [3.8, 4) is 0 Å². The maximum atomic E-state index is 3.86. The number of hydrogen-bond acceptors (Lipinski definition) is 1. The molecule has 1 N–H and O–H groups in total. The van der Waals surface area contributed by atoms with Crippen LogP contribution in [-0.2, 0) is 0 Å². The summed E-state index contributed by atoms with van der Waals surface area (Å²) in [5.41, 5.74) is 0. The number of imidazole rings is 1. The summed E-state index contributed by atoms with van der Waals surface area (Å²) >= 11 is 0. The van der Waals surface area contributed by atoms with E-state index in [1.807, 2.05) is 6.92 Å². The number of H-pyrrole nitrogens is 1. The molecule has 0 aliphatic carbocycles. The Kier molecular flexibility index (Phi) is 2.19. The third-order valence-electron chi connectivity index (χ3n) is 0.635. The fraction of sp³-hybridized carbons (Fsp3) is 0.250. The molecule has 0 saturated carbocycles. The van der Waals surface area contributed by atoms with Crippen molar-refractivity contribution in [3.63, 3.8) is 0 Å². The molecule has 1 aromatic rings. The van der Waals surface area contributed by atoms with Crippen LogP contribution in [0.1, 0.15) is 5.82 Å². The molecule has 0 aliphatic heterocycles. The molecule has 0 spiro atoms. The summed E-state index contributed by atoms with van der Waals surface area (Å²) in [6.07, 6.45) is 3.53. The van der Waals surface area contributed by atoms with Crippen LogP contribution in [0.3, 0.4) is 0 Å². The maximum absolute atomic E-state index is 3.86. The van der Waals surface area contributed by atoms with Gasteiger partial charge in [0, 0.05) is 12.4 Å². The van der Waals surface area contributed by atoms with Crippen LogP contribution in [0.25, 0.3) is 0 Å². The van der Waals surface area contributed by atoms with Gasteiger partial charge in [0.2, 0.25) is 0 Å². The first-order valence-electron chi connectivity index (χ1n) is 1.85. The smallest absolute Gasteiger partial charge is 0.102 e. The van der Waals surface area contributed by atoms with Crippen molar-refractivity contribution in [3.05, 3.63) is 18.2 Å². The minimum atomic E-state index is 0. The van der Waals surface area contributed by atoms with Crippen LogP contribution in [0.5, 0.6) is 0 Å².